The fraction of sp³-hybridized carbons (Fsp3) is 0.784. The highest BCUT2D eigenvalue weighted by Crippen LogP contribution is 2.43. The van der Waals surface area contributed by atoms with Gasteiger partial charge in [0, 0.05) is 13.0 Å². The van der Waals surface area contributed by atoms with Gasteiger partial charge in [-0.15, -0.1) is 0 Å². The van der Waals surface area contributed by atoms with Crippen molar-refractivity contribution in [1.82, 2.24) is 5.32 Å². The van der Waals surface area contributed by atoms with Gasteiger partial charge in [0.25, 0.3) is 0 Å². The Morgan fingerprint density at radius 2 is 0.933 bits per heavy atom. The predicted octanol–water partition coefficient (Wildman–Crippen LogP) is 14.6. The number of rotatable bonds is 46. The molecule has 0 saturated carbocycles. The van der Waals surface area contributed by atoms with Crippen LogP contribution in [0.1, 0.15) is 226 Å². The number of nitrogens with one attached hydrogen (secondary N) is 1. The van der Waals surface area contributed by atoms with Crippen molar-refractivity contribution in [2.75, 3.05) is 19.8 Å². The second kappa shape index (κ2) is 46.7. The van der Waals surface area contributed by atoms with E-state index in [1.54, 1.807) is 6.08 Å². The van der Waals surface area contributed by atoms with Crippen LogP contribution in [0, 0.1) is 0 Å². The van der Waals surface area contributed by atoms with E-state index in [9.17, 15) is 19.4 Å². The summed E-state index contributed by atoms with van der Waals surface area (Å²) in [7, 11) is -4.36. The van der Waals surface area contributed by atoms with E-state index in [-0.39, 0.29) is 25.7 Å². The van der Waals surface area contributed by atoms with Crippen molar-refractivity contribution < 1.29 is 28.4 Å². The molecule has 0 aliphatic carbocycles. The molecule has 0 aliphatic heterocycles. The SMILES string of the molecule is CCCCCCC/C=C\C/C=C\CCCCCCCCCCCC(=O)NC(COP(=O)(O)OCCN)C(O)/C=C/CC/C=C/CC/C=C/CCCCCCCCCCCC. The van der Waals surface area contributed by atoms with E-state index in [2.05, 4.69) is 67.8 Å². The van der Waals surface area contributed by atoms with Gasteiger partial charge in [-0.05, 0) is 77.0 Å². The highest BCUT2D eigenvalue weighted by atomic mass is 31.2. The van der Waals surface area contributed by atoms with Gasteiger partial charge in [-0.2, -0.15) is 0 Å². The molecule has 0 spiro atoms. The molecule has 0 aliphatic rings. The first kappa shape index (κ1) is 58.2. The van der Waals surface area contributed by atoms with Crippen LogP contribution in [0.25, 0.3) is 0 Å². The molecule has 1 amide bonds. The van der Waals surface area contributed by atoms with Crippen molar-refractivity contribution in [1.29, 1.82) is 0 Å². The van der Waals surface area contributed by atoms with Gasteiger partial charge in [-0.25, -0.2) is 4.57 Å². The number of nitrogens with two attached hydrogens (primary N) is 1. The zero-order valence-electron chi connectivity index (χ0n) is 38.9. The molecular formula is C51H95N2O6P. The van der Waals surface area contributed by atoms with Crippen molar-refractivity contribution in [2.45, 2.75) is 238 Å². The molecule has 0 bridgehead atoms. The number of unbranched alkanes of at least 4 members (excludes halogenated alkanes) is 26. The number of allylic oxidation sites excluding steroid dienone is 9. The summed E-state index contributed by atoms with van der Waals surface area (Å²) in [6.45, 7) is 4.10. The highest BCUT2D eigenvalue weighted by Gasteiger charge is 2.26. The molecule has 0 aromatic heterocycles. The molecule has 0 saturated heterocycles. The largest absolute Gasteiger partial charge is 0.472 e. The van der Waals surface area contributed by atoms with E-state index in [0.29, 0.717) is 6.42 Å². The molecule has 0 fully saturated rings. The Labute approximate surface area is 370 Å². The van der Waals surface area contributed by atoms with Crippen LogP contribution in [0.5, 0.6) is 0 Å². The molecule has 3 atom stereocenters. The summed E-state index contributed by atoms with van der Waals surface area (Å²) in [6.07, 6.45) is 59.9. The fourth-order valence-corrected chi connectivity index (χ4v) is 7.78. The Balaban J connectivity index is 4.21. The summed E-state index contributed by atoms with van der Waals surface area (Å²) >= 11 is 0. The average Bonchev–Trinajstić information content (AvgIpc) is 3.24. The standard InChI is InChI=1S/C51H95N2O6P/c1-3-5-7-9-11-13-15-17-19-21-23-25-27-29-31-33-35-37-39-41-43-45-51(55)53-49(48-59-60(56,57)58-47-46-52)50(54)44-42-40-38-36-34-32-30-28-26-24-22-20-18-16-14-12-10-8-6-4-2/h15,17,21,23,26,28,34,36,42,44,49-50,54H,3-14,16,18-20,22,24-25,27,29-33,35,37-41,43,45-48,52H2,1-2H3,(H,53,55)(H,56,57)/b17-15-,23-21-,28-26+,36-34+,44-42+. The third-order valence-electron chi connectivity index (χ3n) is 10.8. The molecule has 9 heteroatoms. The summed E-state index contributed by atoms with van der Waals surface area (Å²) in [5, 5.41) is 13.7. The van der Waals surface area contributed by atoms with Crippen LogP contribution in [0.4, 0.5) is 0 Å². The fourth-order valence-electron chi connectivity index (χ4n) is 7.02. The number of phosphoric acid groups is 1. The number of carbonyl (C=O) groups is 1. The first-order valence-corrected chi connectivity index (χ1v) is 26.4. The molecule has 3 unspecified atom stereocenters. The third-order valence-corrected chi connectivity index (χ3v) is 11.8. The second-order valence-corrected chi connectivity index (χ2v) is 18.1. The summed E-state index contributed by atoms with van der Waals surface area (Å²) < 4.78 is 22.2. The number of phosphoric ester groups is 1. The lowest BCUT2D eigenvalue weighted by molar-refractivity contribution is -0.123. The lowest BCUT2D eigenvalue weighted by Gasteiger charge is -2.23. The number of aliphatic hydroxyl groups is 1. The first-order chi connectivity index (χ1) is 29.4. The van der Waals surface area contributed by atoms with Crippen molar-refractivity contribution in [2.24, 2.45) is 5.73 Å². The van der Waals surface area contributed by atoms with E-state index in [0.717, 1.165) is 51.4 Å². The maximum atomic E-state index is 12.8. The average molecular weight is 863 g/mol. The van der Waals surface area contributed by atoms with E-state index < -0.39 is 20.0 Å². The molecule has 0 heterocycles. The van der Waals surface area contributed by atoms with Crippen molar-refractivity contribution in [3.8, 4) is 0 Å². The van der Waals surface area contributed by atoms with Gasteiger partial charge in [0.2, 0.25) is 5.91 Å². The van der Waals surface area contributed by atoms with Gasteiger partial charge in [0.15, 0.2) is 0 Å². The number of hydrogen-bond donors (Lipinski definition) is 4. The van der Waals surface area contributed by atoms with Crippen molar-refractivity contribution in [3.05, 3.63) is 60.8 Å². The Bertz CT molecular complexity index is 1120. The van der Waals surface area contributed by atoms with Gasteiger partial charge >= 0.3 is 7.82 Å². The lowest BCUT2D eigenvalue weighted by Crippen LogP contribution is -2.45. The smallest absolute Gasteiger partial charge is 0.387 e. The molecule has 0 aromatic rings. The molecule has 8 nitrogen and oxygen atoms in total. The molecule has 60 heavy (non-hydrogen) atoms. The minimum Gasteiger partial charge on any atom is -0.387 e. The predicted molar refractivity (Wildman–Crippen MR) is 258 cm³/mol. The zero-order chi connectivity index (χ0) is 43.9. The number of carbonyl (C=O) groups excluding carboxylic acids is 1. The number of hydrogen-bond acceptors (Lipinski definition) is 6. The molecule has 0 aromatic carbocycles. The summed E-state index contributed by atoms with van der Waals surface area (Å²) in [5.74, 6) is -0.213. The Morgan fingerprint density at radius 1 is 0.550 bits per heavy atom. The Kier molecular flexibility index (Phi) is 45.3. The molecule has 350 valence electrons. The third kappa shape index (κ3) is 44.3. The zero-order valence-corrected chi connectivity index (χ0v) is 39.8. The normalized spacial score (nSPS) is 14.4. The van der Waals surface area contributed by atoms with Gasteiger partial charge in [0.1, 0.15) is 0 Å². The number of amides is 1. The molecule has 0 radical (unpaired) electrons. The van der Waals surface area contributed by atoms with Gasteiger partial charge in [-0.3, -0.25) is 13.8 Å². The van der Waals surface area contributed by atoms with Crippen LogP contribution >= 0.6 is 7.82 Å². The van der Waals surface area contributed by atoms with E-state index in [1.807, 2.05) is 6.08 Å². The second-order valence-electron chi connectivity index (χ2n) is 16.6. The van der Waals surface area contributed by atoms with Crippen molar-refractivity contribution in [3.63, 3.8) is 0 Å². The van der Waals surface area contributed by atoms with Crippen LogP contribution in [-0.2, 0) is 18.4 Å². The Morgan fingerprint density at radius 3 is 1.38 bits per heavy atom. The summed E-state index contributed by atoms with van der Waals surface area (Å²) in [4.78, 5) is 22.8. The van der Waals surface area contributed by atoms with Crippen LogP contribution in [0.3, 0.4) is 0 Å². The summed E-state index contributed by atoms with van der Waals surface area (Å²) in [5.41, 5.74) is 5.38. The Hall–Kier alpha value is -1.80. The van der Waals surface area contributed by atoms with Gasteiger partial charge in [-0.1, -0.05) is 203 Å². The van der Waals surface area contributed by atoms with Gasteiger partial charge in [0.05, 0.1) is 25.4 Å². The molecule has 0 rings (SSSR count). The van der Waals surface area contributed by atoms with Crippen LogP contribution < -0.4 is 11.1 Å². The minimum absolute atomic E-state index is 0.0691. The van der Waals surface area contributed by atoms with E-state index in [4.69, 9.17) is 14.8 Å². The highest BCUT2D eigenvalue weighted by molar-refractivity contribution is 7.47. The summed E-state index contributed by atoms with van der Waals surface area (Å²) in [6, 6.07) is -0.888. The van der Waals surface area contributed by atoms with E-state index >= 15 is 0 Å². The molecular weight excluding hydrogens is 768 g/mol. The van der Waals surface area contributed by atoms with Crippen LogP contribution in [0.2, 0.25) is 0 Å². The monoisotopic (exact) mass is 863 g/mol. The van der Waals surface area contributed by atoms with E-state index in [1.165, 1.54) is 154 Å². The topological polar surface area (TPSA) is 131 Å². The van der Waals surface area contributed by atoms with Gasteiger partial charge < -0.3 is 21.1 Å². The lowest BCUT2D eigenvalue weighted by atomic mass is 10.1. The van der Waals surface area contributed by atoms with Crippen LogP contribution in [0.15, 0.2) is 60.8 Å². The minimum atomic E-state index is -4.36. The van der Waals surface area contributed by atoms with Crippen molar-refractivity contribution >= 4 is 13.7 Å². The molecule has 5 N–H and O–H groups in total. The number of aliphatic hydroxyl groups excluding tert-OH is 1. The maximum absolute atomic E-state index is 12.8. The first-order valence-electron chi connectivity index (χ1n) is 24.9. The quantitative estimate of drug-likeness (QED) is 0.0272. The van der Waals surface area contributed by atoms with Crippen LogP contribution in [-0.4, -0.2) is 47.8 Å². The maximum Gasteiger partial charge on any atom is 0.472 e.